The average molecular weight is 296 g/mol. The first kappa shape index (κ1) is 15.4. The summed E-state index contributed by atoms with van der Waals surface area (Å²) in [5, 5.41) is 10.4. The number of rotatable bonds is 1. The van der Waals surface area contributed by atoms with E-state index in [1.54, 1.807) is 55.0 Å². The molecular weight excluding hydrogens is 280 g/mol. The first-order valence-electron chi connectivity index (χ1n) is 6.82. The van der Waals surface area contributed by atoms with Crippen molar-refractivity contribution in [1.29, 1.82) is 0 Å². The highest BCUT2D eigenvalue weighted by atomic mass is 16.5. The van der Waals surface area contributed by atoms with Gasteiger partial charge in [-0.15, -0.1) is 0 Å². The van der Waals surface area contributed by atoms with Gasteiger partial charge in [-0.25, -0.2) is 9.79 Å². The molecule has 2 rings (SSSR count). The van der Waals surface area contributed by atoms with Crippen molar-refractivity contribution in [2.45, 2.75) is 6.42 Å². The molecule has 0 unspecified atom stereocenters. The van der Waals surface area contributed by atoms with E-state index in [1.807, 2.05) is 6.08 Å². The summed E-state index contributed by atoms with van der Waals surface area (Å²) in [6, 6.07) is 6.99. The van der Waals surface area contributed by atoms with Crippen molar-refractivity contribution in [2.24, 2.45) is 9.98 Å². The fraction of sp³-hybridized carbons (Fsp3) is 0.118. The van der Waals surface area contributed by atoms with Crippen molar-refractivity contribution >= 4 is 17.9 Å². The summed E-state index contributed by atoms with van der Waals surface area (Å²) in [6.07, 6.45) is 12.4. The second-order valence-corrected chi connectivity index (χ2v) is 4.34. The summed E-state index contributed by atoms with van der Waals surface area (Å²) in [5.41, 5.74) is -0.0425. The van der Waals surface area contributed by atoms with Gasteiger partial charge in [-0.3, -0.25) is 4.99 Å². The molecule has 1 N–H and O–H groups in total. The molecule has 1 heterocycles. The third-order valence-corrected chi connectivity index (χ3v) is 2.78. The number of para-hydroxylation sites is 1. The molecule has 5 heteroatoms. The maximum atomic E-state index is 11.4. The van der Waals surface area contributed by atoms with Crippen LogP contribution in [-0.2, 0) is 9.53 Å². The van der Waals surface area contributed by atoms with Crippen molar-refractivity contribution < 1.29 is 14.6 Å². The third-order valence-electron chi connectivity index (χ3n) is 2.78. The molecule has 112 valence electrons. The monoisotopic (exact) mass is 296 g/mol. The minimum absolute atomic E-state index is 0.0425. The van der Waals surface area contributed by atoms with Crippen molar-refractivity contribution in [3.05, 3.63) is 71.6 Å². The number of benzene rings is 1. The predicted molar refractivity (Wildman–Crippen MR) is 84.7 cm³/mol. The maximum absolute atomic E-state index is 11.4. The largest absolute Gasteiger partial charge is 0.501 e. The van der Waals surface area contributed by atoms with Gasteiger partial charge in [-0.2, -0.15) is 0 Å². The number of ether oxygens (including phenoxy) is 1. The third kappa shape index (κ3) is 4.56. The number of hydrogen-bond donors (Lipinski definition) is 1. The van der Waals surface area contributed by atoms with Gasteiger partial charge in [0, 0.05) is 17.6 Å². The van der Waals surface area contributed by atoms with Crippen LogP contribution in [0.1, 0.15) is 6.42 Å². The van der Waals surface area contributed by atoms with Gasteiger partial charge >= 0.3 is 5.97 Å². The van der Waals surface area contributed by atoms with Crippen LogP contribution in [0, 0.1) is 0 Å². The van der Waals surface area contributed by atoms with Crippen LogP contribution >= 0.6 is 0 Å². The van der Waals surface area contributed by atoms with E-state index in [4.69, 9.17) is 4.74 Å². The number of nitrogens with zero attached hydrogens (tertiary/aromatic N) is 2. The van der Waals surface area contributed by atoms with E-state index in [1.165, 1.54) is 6.21 Å². The fourth-order valence-electron chi connectivity index (χ4n) is 1.78. The van der Waals surface area contributed by atoms with Crippen LogP contribution in [0.15, 0.2) is 71.0 Å². The Hall–Kier alpha value is -2.95. The number of aliphatic imine (C=N–C) groups is 1. The molecule has 0 fully saturated rings. The highest BCUT2D eigenvalue weighted by Crippen LogP contribution is 1.95. The summed E-state index contributed by atoms with van der Waals surface area (Å²) in [7, 11) is 0. The summed E-state index contributed by atoms with van der Waals surface area (Å²) in [4.78, 5) is 19.8. The Balaban J connectivity index is 2.61. The van der Waals surface area contributed by atoms with E-state index in [2.05, 4.69) is 9.98 Å². The molecule has 0 amide bonds. The molecule has 0 radical (unpaired) electrons. The van der Waals surface area contributed by atoms with E-state index in [0.717, 1.165) is 0 Å². The van der Waals surface area contributed by atoms with E-state index < -0.39 is 5.97 Å². The average Bonchev–Trinajstić information content (AvgIpc) is 2.52. The molecule has 0 saturated carbocycles. The zero-order valence-electron chi connectivity index (χ0n) is 11.9. The maximum Gasteiger partial charge on any atom is 0.355 e. The fourth-order valence-corrected chi connectivity index (χ4v) is 1.78. The molecule has 0 aliphatic carbocycles. The Morgan fingerprint density at radius 1 is 1.18 bits per heavy atom. The summed E-state index contributed by atoms with van der Waals surface area (Å²) < 4.78 is 5.27. The topological polar surface area (TPSA) is 71.2 Å². The smallest absolute Gasteiger partial charge is 0.355 e. The second kappa shape index (κ2) is 8.36. The molecule has 1 aliphatic heterocycles. The van der Waals surface area contributed by atoms with Crippen LogP contribution in [0.25, 0.3) is 5.70 Å². The number of carboxylic acids is 1. The lowest BCUT2D eigenvalue weighted by molar-refractivity contribution is -0.130. The van der Waals surface area contributed by atoms with Crippen LogP contribution < -0.4 is 10.6 Å². The number of carbonyl (C=O) groups is 1. The highest BCUT2D eigenvalue weighted by Gasteiger charge is 2.06. The Bertz CT molecular complexity index is 758. The van der Waals surface area contributed by atoms with Crippen LogP contribution in [-0.4, -0.2) is 23.9 Å². The molecule has 0 bridgehead atoms. The van der Waals surface area contributed by atoms with Crippen LogP contribution in [0.5, 0.6) is 0 Å². The Morgan fingerprint density at radius 2 is 2.05 bits per heavy atom. The summed E-state index contributed by atoms with van der Waals surface area (Å²) >= 11 is 0. The molecule has 0 saturated heterocycles. The molecule has 22 heavy (non-hydrogen) atoms. The van der Waals surface area contributed by atoms with Gasteiger partial charge in [0.1, 0.15) is 0 Å². The lowest BCUT2D eigenvalue weighted by Gasteiger charge is -1.95. The number of allylic oxidation sites excluding steroid dienone is 3. The van der Waals surface area contributed by atoms with Crippen LogP contribution in [0.2, 0.25) is 0 Å². The van der Waals surface area contributed by atoms with Crippen molar-refractivity contribution in [1.82, 2.24) is 0 Å². The van der Waals surface area contributed by atoms with Gasteiger partial charge in [0.15, 0.2) is 5.70 Å². The molecule has 1 aromatic carbocycles. The van der Waals surface area contributed by atoms with Gasteiger partial charge in [0.05, 0.1) is 18.2 Å². The van der Waals surface area contributed by atoms with Crippen molar-refractivity contribution in [2.75, 3.05) is 6.61 Å². The molecule has 0 spiro atoms. The molecule has 0 atom stereocenters. The Kier molecular flexibility index (Phi) is 5.87. The van der Waals surface area contributed by atoms with Gasteiger partial charge in [0.25, 0.3) is 0 Å². The normalized spacial score (nSPS) is 15.2. The molecule has 1 aliphatic rings. The lowest BCUT2D eigenvalue weighted by atomic mass is 10.2. The number of fused-ring (bicyclic) bond motifs is 1. The SMILES string of the molecule is O=C(O)C1=c2ccccc2=NC=CC=COCCC=CC=N1. The lowest BCUT2D eigenvalue weighted by Crippen LogP contribution is -2.28. The highest BCUT2D eigenvalue weighted by molar-refractivity contribution is 6.09. The minimum atomic E-state index is -1.09. The standard InChI is InChI=1S/C17H16N2O3/c20-17(21)16-14-8-2-3-9-15(14)18-10-5-7-13-22-12-6-1-4-11-19-16/h1-5,7-11,13H,6,12H2,(H,20,21). The van der Waals surface area contributed by atoms with E-state index in [0.29, 0.717) is 23.6 Å². The van der Waals surface area contributed by atoms with Gasteiger partial charge in [-0.05, 0) is 30.7 Å². The van der Waals surface area contributed by atoms with Gasteiger partial charge in [0.2, 0.25) is 0 Å². The predicted octanol–water partition coefficient (Wildman–Crippen LogP) is 1.57. The van der Waals surface area contributed by atoms with Crippen LogP contribution in [0.4, 0.5) is 0 Å². The first-order valence-corrected chi connectivity index (χ1v) is 6.82. The molecular formula is C17H16N2O3. The molecule has 1 aromatic rings. The Labute approximate surface area is 128 Å². The van der Waals surface area contributed by atoms with Crippen molar-refractivity contribution in [3.8, 4) is 0 Å². The molecule has 0 aromatic heterocycles. The van der Waals surface area contributed by atoms with Gasteiger partial charge in [-0.1, -0.05) is 24.3 Å². The zero-order valence-corrected chi connectivity index (χ0v) is 11.9. The quantitative estimate of drug-likeness (QED) is 0.855. The van der Waals surface area contributed by atoms with Crippen LogP contribution in [0.3, 0.4) is 0 Å². The number of aliphatic carboxylic acids is 1. The van der Waals surface area contributed by atoms with E-state index in [-0.39, 0.29) is 5.70 Å². The number of carboxylic acid groups (broad SMARTS) is 1. The Morgan fingerprint density at radius 3 is 2.91 bits per heavy atom. The zero-order chi connectivity index (χ0) is 15.6. The minimum Gasteiger partial charge on any atom is -0.501 e. The van der Waals surface area contributed by atoms with E-state index in [9.17, 15) is 9.90 Å². The van der Waals surface area contributed by atoms with E-state index >= 15 is 0 Å². The number of hydrogen-bond acceptors (Lipinski definition) is 4. The van der Waals surface area contributed by atoms with Gasteiger partial charge < -0.3 is 9.84 Å². The molecule has 5 nitrogen and oxygen atoms in total. The first-order chi connectivity index (χ1) is 10.8. The second-order valence-electron chi connectivity index (χ2n) is 4.34. The summed E-state index contributed by atoms with van der Waals surface area (Å²) in [6.45, 7) is 0.543. The summed E-state index contributed by atoms with van der Waals surface area (Å²) in [5.74, 6) is -1.09. The van der Waals surface area contributed by atoms with Crippen molar-refractivity contribution in [3.63, 3.8) is 0 Å².